The summed E-state index contributed by atoms with van der Waals surface area (Å²) in [7, 11) is -12.4. The van der Waals surface area contributed by atoms with Gasteiger partial charge in [0.05, 0.1) is 17.3 Å². The van der Waals surface area contributed by atoms with Crippen LogP contribution in [0.15, 0.2) is 18.2 Å². The first-order valence-corrected chi connectivity index (χ1v) is 20.6. The van der Waals surface area contributed by atoms with E-state index in [2.05, 4.69) is 20.8 Å². The van der Waals surface area contributed by atoms with Crippen molar-refractivity contribution in [3.63, 3.8) is 0 Å². The van der Waals surface area contributed by atoms with Crippen LogP contribution in [-0.2, 0) is 30.4 Å². The lowest BCUT2D eigenvalue weighted by Crippen LogP contribution is -2.19. The molecule has 0 N–H and O–H groups in total. The number of hydrogen-bond donors (Lipinski definition) is 0. The van der Waals surface area contributed by atoms with Crippen LogP contribution >= 0.6 is 0 Å². The molecule has 0 fully saturated rings. The highest BCUT2D eigenvalue weighted by molar-refractivity contribution is 7.87. The van der Waals surface area contributed by atoms with E-state index in [0.29, 0.717) is 25.7 Å². The molecule has 12 heteroatoms. The zero-order chi connectivity index (χ0) is 31.3. The summed E-state index contributed by atoms with van der Waals surface area (Å²) in [5.41, 5.74) is 0. The maximum Gasteiger partial charge on any atom is 0.309 e. The lowest BCUT2D eigenvalue weighted by atomic mass is 10.1. The Bertz CT molecular complexity index is 1110. The molecule has 246 valence electrons. The van der Waals surface area contributed by atoms with E-state index in [0.717, 1.165) is 89.9 Å². The van der Waals surface area contributed by atoms with Crippen molar-refractivity contribution in [1.29, 1.82) is 0 Å². The van der Waals surface area contributed by atoms with Crippen LogP contribution in [0.4, 0.5) is 0 Å². The molecule has 0 aromatic heterocycles. The van der Waals surface area contributed by atoms with Crippen LogP contribution in [0, 0.1) is 0 Å². The van der Waals surface area contributed by atoms with Gasteiger partial charge in [0, 0.05) is 0 Å². The fourth-order valence-electron chi connectivity index (χ4n) is 4.41. The highest BCUT2D eigenvalue weighted by Gasteiger charge is 2.26. The predicted molar refractivity (Wildman–Crippen MR) is 170 cm³/mol. The number of rotatable bonds is 27. The van der Waals surface area contributed by atoms with Gasteiger partial charge in [-0.2, -0.15) is 25.3 Å². The Kier molecular flexibility index (Phi) is 19.4. The second-order valence-corrected chi connectivity index (χ2v) is 16.0. The molecule has 0 saturated heterocycles. The van der Waals surface area contributed by atoms with E-state index >= 15 is 0 Å². The number of unbranched alkanes of at least 4 members (excludes halogenated alkanes) is 15. The topological polar surface area (TPSA) is 130 Å². The largest absolute Gasteiger partial charge is 0.378 e. The molecule has 0 unspecified atom stereocenters. The summed E-state index contributed by atoms with van der Waals surface area (Å²) in [5, 5.41) is 0. The summed E-state index contributed by atoms with van der Waals surface area (Å²) >= 11 is 0. The highest BCUT2D eigenvalue weighted by Crippen LogP contribution is 2.40. The Balaban J connectivity index is 3.06. The average Bonchev–Trinajstić information content (AvgIpc) is 2.91. The Morgan fingerprint density at radius 3 is 1.05 bits per heavy atom. The molecule has 0 bridgehead atoms. The van der Waals surface area contributed by atoms with Gasteiger partial charge in [-0.3, -0.25) is 0 Å². The van der Waals surface area contributed by atoms with Crippen molar-refractivity contribution in [3.05, 3.63) is 18.2 Å². The van der Waals surface area contributed by atoms with Gasteiger partial charge in [-0.1, -0.05) is 123 Å². The third-order valence-electron chi connectivity index (χ3n) is 6.83. The first kappa shape index (κ1) is 38.5. The summed E-state index contributed by atoms with van der Waals surface area (Å²) in [6.45, 7) is 6.30. The normalized spacial score (nSPS) is 12.4. The second-order valence-electron chi connectivity index (χ2n) is 10.9. The summed E-state index contributed by atoms with van der Waals surface area (Å²) in [6, 6.07) is 3.82. The number of benzene rings is 1. The molecular weight excluding hydrogens is 601 g/mol. The van der Waals surface area contributed by atoms with Crippen molar-refractivity contribution in [1.82, 2.24) is 0 Å². The molecule has 42 heavy (non-hydrogen) atoms. The third kappa shape index (κ3) is 18.2. The van der Waals surface area contributed by atoms with Gasteiger partial charge in [0.1, 0.15) is 0 Å². The summed E-state index contributed by atoms with van der Waals surface area (Å²) < 4.78 is 92.7. The zero-order valence-electron chi connectivity index (χ0n) is 26.0. The Morgan fingerprint density at radius 1 is 0.429 bits per heavy atom. The molecule has 0 aliphatic carbocycles. The van der Waals surface area contributed by atoms with Crippen molar-refractivity contribution >= 4 is 30.4 Å². The third-order valence-corrected chi connectivity index (χ3v) is 10.5. The minimum atomic E-state index is -4.19. The highest BCUT2D eigenvalue weighted by atomic mass is 32.2. The van der Waals surface area contributed by atoms with E-state index in [9.17, 15) is 25.3 Å². The molecule has 1 rings (SSSR count). The monoisotopic (exact) mass is 654 g/mol. The van der Waals surface area contributed by atoms with Crippen molar-refractivity contribution < 1.29 is 37.8 Å². The van der Waals surface area contributed by atoms with E-state index in [1.807, 2.05) is 0 Å². The molecule has 1 aromatic carbocycles. The minimum Gasteiger partial charge on any atom is -0.378 e. The van der Waals surface area contributed by atoms with Crippen molar-refractivity contribution in [3.8, 4) is 17.2 Å². The lowest BCUT2D eigenvalue weighted by Gasteiger charge is -2.16. The van der Waals surface area contributed by atoms with Crippen molar-refractivity contribution in [2.24, 2.45) is 0 Å². The molecule has 0 aliphatic rings. The minimum absolute atomic E-state index is 0.259. The second kappa shape index (κ2) is 21.2. The van der Waals surface area contributed by atoms with Gasteiger partial charge < -0.3 is 12.5 Å². The SMILES string of the molecule is CCCCCCCCS(=O)(=O)Oc1cccc(OS(=O)(=O)CCCCCCCC)c1OS(=O)(=O)CCCCCCCC. The van der Waals surface area contributed by atoms with Crippen LogP contribution in [0.25, 0.3) is 0 Å². The predicted octanol–water partition coefficient (Wildman–Crippen LogP) is 7.89. The molecule has 0 amide bonds. The smallest absolute Gasteiger partial charge is 0.309 e. The summed E-state index contributed by atoms with van der Waals surface area (Å²) in [6.07, 6.45) is 15.6. The van der Waals surface area contributed by atoms with Crippen LogP contribution in [-0.4, -0.2) is 42.5 Å². The van der Waals surface area contributed by atoms with Gasteiger partial charge >= 0.3 is 30.4 Å². The fourth-order valence-corrected chi connectivity index (χ4v) is 7.56. The van der Waals surface area contributed by atoms with Gasteiger partial charge in [-0.15, -0.1) is 0 Å². The quantitative estimate of drug-likeness (QED) is 0.0686. The van der Waals surface area contributed by atoms with Gasteiger partial charge in [0.15, 0.2) is 11.5 Å². The van der Waals surface area contributed by atoms with Gasteiger partial charge in [-0.05, 0) is 31.4 Å². The molecule has 0 aliphatic heterocycles. The van der Waals surface area contributed by atoms with E-state index in [-0.39, 0.29) is 17.3 Å². The molecule has 0 atom stereocenters. The van der Waals surface area contributed by atoms with Crippen LogP contribution < -0.4 is 12.5 Å². The van der Waals surface area contributed by atoms with Crippen LogP contribution in [0.5, 0.6) is 17.2 Å². The van der Waals surface area contributed by atoms with Gasteiger partial charge in [0.25, 0.3) is 0 Å². The van der Waals surface area contributed by atoms with Crippen LogP contribution in [0.2, 0.25) is 0 Å². The zero-order valence-corrected chi connectivity index (χ0v) is 28.4. The molecule has 0 spiro atoms. The first-order valence-electron chi connectivity index (χ1n) is 15.8. The number of hydrogen-bond acceptors (Lipinski definition) is 9. The average molecular weight is 655 g/mol. The molecule has 1 aromatic rings. The standard InChI is InChI=1S/C30H54O9S3/c1-4-7-10-13-16-19-25-40(31,32)37-28-23-22-24-29(38-41(33,34)26-20-17-14-11-8-5-2)30(28)39-42(35,36)27-21-18-15-12-9-6-3/h22-24H,4-21,25-27H2,1-3H3. The maximum atomic E-state index is 12.9. The van der Waals surface area contributed by atoms with Crippen LogP contribution in [0.3, 0.4) is 0 Å². The maximum absolute atomic E-state index is 12.9. The Morgan fingerprint density at radius 2 is 0.714 bits per heavy atom. The summed E-state index contributed by atoms with van der Waals surface area (Å²) in [4.78, 5) is 0. The van der Waals surface area contributed by atoms with Gasteiger partial charge in [0.2, 0.25) is 5.75 Å². The van der Waals surface area contributed by atoms with E-state index < -0.39 is 47.6 Å². The molecule has 0 radical (unpaired) electrons. The lowest BCUT2D eigenvalue weighted by molar-refractivity contribution is 0.425. The van der Waals surface area contributed by atoms with Gasteiger partial charge in [-0.25, -0.2) is 0 Å². The molecular formula is C30H54O9S3. The molecule has 0 heterocycles. The van der Waals surface area contributed by atoms with E-state index in [1.54, 1.807) is 0 Å². The Labute approximate surface area is 256 Å². The van der Waals surface area contributed by atoms with Crippen molar-refractivity contribution in [2.45, 2.75) is 136 Å². The van der Waals surface area contributed by atoms with Crippen LogP contribution in [0.1, 0.15) is 136 Å². The first-order chi connectivity index (χ1) is 20.0. The van der Waals surface area contributed by atoms with E-state index in [4.69, 9.17) is 12.5 Å². The molecule has 0 saturated carbocycles. The molecule has 9 nitrogen and oxygen atoms in total. The Hall–Kier alpha value is -1.53. The number of para-hydroxylation sites is 1. The summed E-state index contributed by atoms with van der Waals surface area (Å²) in [5.74, 6) is -2.22. The fraction of sp³-hybridized carbons (Fsp3) is 0.800. The van der Waals surface area contributed by atoms with E-state index in [1.165, 1.54) is 18.2 Å². The van der Waals surface area contributed by atoms with Crippen molar-refractivity contribution in [2.75, 3.05) is 17.3 Å².